The minimum absolute atomic E-state index is 0.238. The van der Waals surface area contributed by atoms with E-state index in [0.29, 0.717) is 12.1 Å². The minimum atomic E-state index is -3.60. The molecule has 0 aliphatic carbocycles. The number of fused-ring (bicyclic) bond motifs is 2. The summed E-state index contributed by atoms with van der Waals surface area (Å²) in [5.74, 6) is 1.28. The van der Waals surface area contributed by atoms with Crippen molar-refractivity contribution < 1.29 is 8.42 Å². The molecule has 0 radical (unpaired) electrons. The molecule has 1 aliphatic heterocycles. The molecule has 1 aromatic carbocycles. The summed E-state index contributed by atoms with van der Waals surface area (Å²) in [7, 11) is -3.60. The van der Waals surface area contributed by atoms with Crippen molar-refractivity contribution in [3.05, 3.63) is 54.2 Å². The first-order valence-corrected chi connectivity index (χ1v) is 9.86. The SMILES string of the molecule is Cc1cnc2c(S(=O)(=O)NCC3CCn4ccnc4C3)cccc2c1. The lowest BCUT2D eigenvalue weighted by molar-refractivity contribution is 0.379. The third-order valence-electron chi connectivity index (χ3n) is 4.71. The third-order valence-corrected chi connectivity index (χ3v) is 6.17. The molecule has 0 amide bonds. The largest absolute Gasteiger partial charge is 0.335 e. The van der Waals surface area contributed by atoms with Crippen molar-refractivity contribution in [1.29, 1.82) is 0 Å². The summed E-state index contributed by atoms with van der Waals surface area (Å²) < 4.78 is 30.5. The third kappa shape index (κ3) is 3.17. The molecule has 3 aromatic rings. The van der Waals surface area contributed by atoms with Gasteiger partial charge in [0.2, 0.25) is 10.0 Å². The quantitative estimate of drug-likeness (QED) is 0.778. The molecule has 0 saturated carbocycles. The van der Waals surface area contributed by atoms with Crippen LogP contribution in [0.4, 0.5) is 0 Å². The number of rotatable bonds is 4. The molecule has 1 unspecified atom stereocenters. The van der Waals surface area contributed by atoms with Crippen LogP contribution in [0.25, 0.3) is 10.9 Å². The van der Waals surface area contributed by atoms with Crippen molar-refractivity contribution in [1.82, 2.24) is 19.3 Å². The number of hydrogen-bond acceptors (Lipinski definition) is 4. The van der Waals surface area contributed by atoms with Crippen molar-refractivity contribution in [3.8, 4) is 0 Å². The Hall–Kier alpha value is -2.25. The van der Waals surface area contributed by atoms with Gasteiger partial charge in [-0.1, -0.05) is 12.1 Å². The van der Waals surface area contributed by atoms with E-state index in [9.17, 15) is 8.42 Å². The number of para-hydroxylation sites is 1. The van der Waals surface area contributed by atoms with Crippen LogP contribution in [-0.2, 0) is 23.0 Å². The number of aryl methyl sites for hydroxylation is 2. The van der Waals surface area contributed by atoms with E-state index < -0.39 is 10.0 Å². The molecular weight excluding hydrogens is 336 g/mol. The van der Waals surface area contributed by atoms with Crippen LogP contribution in [0.2, 0.25) is 0 Å². The summed E-state index contributed by atoms with van der Waals surface area (Å²) in [6.07, 6.45) is 7.20. The molecule has 3 heterocycles. The van der Waals surface area contributed by atoms with Crippen LogP contribution >= 0.6 is 0 Å². The Bertz CT molecular complexity index is 1030. The lowest BCUT2D eigenvalue weighted by Crippen LogP contribution is -2.33. The molecule has 4 rings (SSSR count). The molecule has 25 heavy (non-hydrogen) atoms. The average Bonchev–Trinajstić information content (AvgIpc) is 3.07. The standard InChI is InChI=1S/C18H20N4O2S/c1-13-9-15-3-2-4-16(18(15)20-11-13)25(23,24)21-12-14-5-7-22-8-6-19-17(22)10-14/h2-4,6,8-9,11,14,21H,5,7,10,12H2,1H3. The lowest BCUT2D eigenvalue weighted by Gasteiger charge is -2.23. The Morgan fingerprint density at radius 2 is 2.20 bits per heavy atom. The van der Waals surface area contributed by atoms with Gasteiger partial charge in [0.1, 0.15) is 10.7 Å². The van der Waals surface area contributed by atoms with Crippen LogP contribution < -0.4 is 4.72 Å². The Kier molecular flexibility index (Phi) is 4.05. The van der Waals surface area contributed by atoms with E-state index in [1.165, 1.54) is 0 Å². The number of nitrogens with one attached hydrogen (secondary N) is 1. The normalized spacial score (nSPS) is 17.6. The van der Waals surface area contributed by atoms with Crippen LogP contribution in [0.5, 0.6) is 0 Å². The first-order chi connectivity index (χ1) is 12.0. The van der Waals surface area contributed by atoms with Gasteiger partial charge >= 0.3 is 0 Å². The van der Waals surface area contributed by atoms with Crippen molar-refractivity contribution in [2.75, 3.05) is 6.54 Å². The van der Waals surface area contributed by atoms with E-state index in [-0.39, 0.29) is 10.8 Å². The number of aromatic nitrogens is 3. The molecule has 2 aromatic heterocycles. The zero-order chi connectivity index (χ0) is 17.4. The predicted octanol–water partition coefficient (Wildman–Crippen LogP) is 2.28. The fraction of sp³-hybridized carbons (Fsp3) is 0.333. The van der Waals surface area contributed by atoms with E-state index in [1.807, 2.05) is 25.3 Å². The summed E-state index contributed by atoms with van der Waals surface area (Å²) in [6.45, 7) is 3.24. The zero-order valence-corrected chi connectivity index (χ0v) is 14.8. The zero-order valence-electron chi connectivity index (χ0n) is 14.0. The van der Waals surface area contributed by atoms with Crippen molar-refractivity contribution in [3.63, 3.8) is 0 Å². The second kappa shape index (κ2) is 6.24. The van der Waals surface area contributed by atoms with E-state index in [1.54, 1.807) is 24.5 Å². The number of benzene rings is 1. The fourth-order valence-corrected chi connectivity index (χ4v) is 4.65. The minimum Gasteiger partial charge on any atom is -0.335 e. The summed E-state index contributed by atoms with van der Waals surface area (Å²) in [6, 6.07) is 7.20. The Labute approximate surface area is 147 Å². The first-order valence-electron chi connectivity index (χ1n) is 8.38. The molecule has 0 saturated heterocycles. The second-order valence-corrected chi connectivity index (χ2v) is 8.32. The van der Waals surface area contributed by atoms with E-state index in [2.05, 4.69) is 19.3 Å². The van der Waals surface area contributed by atoms with Crippen LogP contribution in [0.1, 0.15) is 17.8 Å². The molecule has 0 spiro atoms. The van der Waals surface area contributed by atoms with E-state index >= 15 is 0 Å². The molecule has 1 atom stereocenters. The number of sulfonamides is 1. The maximum atomic E-state index is 12.8. The highest BCUT2D eigenvalue weighted by Gasteiger charge is 2.23. The highest BCUT2D eigenvalue weighted by atomic mass is 32.2. The van der Waals surface area contributed by atoms with Crippen molar-refractivity contribution in [2.45, 2.75) is 31.2 Å². The summed E-state index contributed by atoms with van der Waals surface area (Å²) in [5.41, 5.74) is 1.52. The molecule has 7 heteroatoms. The van der Waals surface area contributed by atoms with Crippen molar-refractivity contribution in [2.24, 2.45) is 5.92 Å². The van der Waals surface area contributed by atoms with Gasteiger partial charge < -0.3 is 4.57 Å². The average molecular weight is 356 g/mol. The van der Waals surface area contributed by atoms with E-state index in [0.717, 1.165) is 36.2 Å². The van der Waals surface area contributed by atoms with Gasteiger partial charge in [0.25, 0.3) is 0 Å². The first kappa shape index (κ1) is 16.2. The van der Waals surface area contributed by atoms with Gasteiger partial charge in [-0.25, -0.2) is 18.1 Å². The second-order valence-electron chi connectivity index (χ2n) is 6.59. The molecule has 130 valence electrons. The summed E-state index contributed by atoms with van der Waals surface area (Å²) in [5, 5.41) is 0.836. The topological polar surface area (TPSA) is 76.9 Å². The Balaban J connectivity index is 1.55. The van der Waals surface area contributed by atoms with Crippen LogP contribution in [0.15, 0.2) is 47.8 Å². The Morgan fingerprint density at radius 1 is 1.32 bits per heavy atom. The molecule has 1 aliphatic rings. The highest BCUT2D eigenvalue weighted by Crippen LogP contribution is 2.23. The summed E-state index contributed by atoms with van der Waals surface area (Å²) >= 11 is 0. The molecule has 0 fully saturated rings. The number of imidazole rings is 1. The maximum absolute atomic E-state index is 12.8. The van der Waals surface area contributed by atoms with Gasteiger partial charge in [-0.2, -0.15) is 0 Å². The Morgan fingerprint density at radius 3 is 3.08 bits per heavy atom. The van der Waals surface area contributed by atoms with Crippen molar-refractivity contribution >= 4 is 20.9 Å². The van der Waals surface area contributed by atoms with Crippen LogP contribution in [0, 0.1) is 12.8 Å². The van der Waals surface area contributed by atoms with Gasteiger partial charge in [0, 0.05) is 43.5 Å². The fourth-order valence-electron chi connectivity index (χ4n) is 3.35. The van der Waals surface area contributed by atoms with Crippen LogP contribution in [-0.4, -0.2) is 29.5 Å². The predicted molar refractivity (Wildman–Crippen MR) is 95.7 cm³/mol. The van der Waals surface area contributed by atoms with E-state index in [4.69, 9.17) is 0 Å². The lowest BCUT2D eigenvalue weighted by atomic mass is 9.98. The smallest absolute Gasteiger partial charge is 0.242 e. The van der Waals surface area contributed by atoms with Gasteiger partial charge in [0.15, 0.2) is 0 Å². The number of pyridine rings is 1. The van der Waals surface area contributed by atoms with Gasteiger partial charge in [-0.15, -0.1) is 0 Å². The van der Waals surface area contributed by atoms with Gasteiger partial charge in [-0.3, -0.25) is 4.98 Å². The highest BCUT2D eigenvalue weighted by molar-refractivity contribution is 7.89. The maximum Gasteiger partial charge on any atom is 0.242 e. The molecule has 6 nitrogen and oxygen atoms in total. The monoisotopic (exact) mass is 356 g/mol. The van der Waals surface area contributed by atoms with Gasteiger partial charge in [-0.05, 0) is 37.0 Å². The molecule has 1 N–H and O–H groups in total. The number of nitrogens with zero attached hydrogens (tertiary/aromatic N) is 3. The molecule has 0 bridgehead atoms. The molecular formula is C18H20N4O2S. The number of hydrogen-bond donors (Lipinski definition) is 1. The van der Waals surface area contributed by atoms with Gasteiger partial charge in [0.05, 0.1) is 5.52 Å². The van der Waals surface area contributed by atoms with Crippen LogP contribution in [0.3, 0.4) is 0 Å². The summed E-state index contributed by atoms with van der Waals surface area (Å²) in [4.78, 5) is 8.90.